The third-order valence-electron chi connectivity index (χ3n) is 4.23. The molecule has 126 valence electrons. The van der Waals surface area contributed by atoms with Crippen molar-refractivity contribution in [2.45, 2.75) is 25.9 Å². The predicted octanol–water partition coefficient (Wildman–Crippen LogP) is 2.63. The van der Waals surface area contributed by atoms with Crippen molar-refractivity contribution in [3.05, 3.63) is 32.8 Å². The maximum absolute atomic E-state index is 11.6. The van der Waals surface area contributed by atoms with Crippen LogP contribution in [0.1, 0.15) is 30.1 Å². The first-order chi connectivity index (χ1) is 10.8. The summed E-state index contributed by atoms with van der Waals surface area (Å²) in [6, 6.07) is 2.60. The molecule has 0 bridgehead atoms. The number of rotatable bonds is 4. The van der Waals surface area contributed by atoms with Crippen LogP contribution in [0, 0.1) is 16.0 Å². The molecule has 0 saturated carbocycles. The summed E-state index contributed by atoms with van der Waals surface area (Å²) in [5.41, 5.74) is 0.186. The molecule has 1 saturated heterocycles. The summed E-state index contributed by atoms with van der Waals surface area (Å²) >= 11 is 6.09. The maximum Gasteiger partial charge on any atom is 0.339 e. The lowest BCUT2D eigenvalue weighted by atomic mass is 9.92. The van der Waals surface area contributed by atoms with Crippen LogP contribution < -0.4 is 4.90 Å². The first-order valence-corrected chi connectivity index (χ1v) is 7.72. The van der Waals surface area contributed by atoms with Crippen LogP contribution in [0.4, 0.5) is 11.4 Å². The molecule has 1 fully saturated rings. The first-order valence-electron chi connectivity index (χ1n) is 7.34. The van der Waals surface area contributed by atoms with Crippen molar-refractivity contribution in [3.63, 3.8) is 0 Å². The number of methoxy groups -OCH3 is 1. The zero-order chi connectivity index (χ0) is 17.1. The van der Waals surface area contributed by atoms with Crippen molar-refractivity contribution in [1.82, 2.24) is 0 Å². The number of nitro groups is 1. The Hall–Kier alpha value is -1.86. The molecule has 1 heterocycles. The van der Waals surface area contributed by atoms with Crippen LogP contribution in [0.15, 0.2) is 12.1 Å². The lowest BCUT2D eigenvalue weighted by molar-refractivity contribution is -0.384. The topological polar surface area (TPSA) is 92.9 Å². The van der Waals surface area contributed by atoms with Crippen LogP contribution in [-0.4, -0.2) is 42.3 Å². The molecular formula is C15H19ClN2O5. The van der Waals surface area contributed by atoms with E-state index in [9.17, 15) is 20.0 Å². The second kappa shape index (κ2) is 7.14. The fraction of sp³-hybridized carbons (Fsp3) is 0.533. The SMILES string of the molecule is COC(=O)c1cc([N+](=O)[O-])c(N2CCC(C(C)O)CC2)cc1Cl. The number of ether oxygens (including phenoxy) is 1. The van der Waals surface area contributed by atoms with Gasteiger partial charge in [0, 0.05) is 19.2 Å². The van der Waals surface area contributed by atoms with Crippen LogP contribution in [0.2, 0.25) is 5.02 Å². The van der Waals surface area contributed by atoms with Gasteiger partial charge in [0.1, 0.15) is 5.69 Å². The Morgan fingerprint density at radius 2 is 2.09 bits per heavy atom. The molecule has 1 aliphatic heterocycles. The predicted molar refractivity (Wildman–Crippen MR) is 86.1 cm³/mol. The van der Waals surface area contributed by atoms with E-state index in [1.165, 1.54) is 13.2 Å². The summed E-state index contributed by atoms with van der Waals surface area (Å²) in [5, 5.41) is 21.1. The molecular weight excluding hydrogens is 324 g/mol. The Bertz CT molecular complexity index is 612. The Balaban J connectivity index is 2.33. The Kier molecular flexibility index (Phi) is 5.43. The van der Waals surface area contributed by atoms with Gasteiger partial charge in [-0.25, -0.2) is 4.79 Å². The molecule has 1 unspecified atom stereocenters. The van der Waals surface area contributed by atoms with Gasteiger partial charge >= 0.3 is 5.97 Å². The third-order valence-corrected chi connectivity index (χ3v) is 4.54. The van der Waals surface area contributed by atoms with E-state index in [1.807, 2.05) is 4.90 Å². The lowest BCUT2D eigenvalue weighted by Crippen LogP contribution is -2.37. The van der Waals surface area contributed by atoms with E-state index in [0.717, 1.165) is 18.9 Å². The molecule has 8 heteroatoms. The summed E-state index contributed by atoms with van der Waals surface area (Å²) in [7, 11) is 1.19. The highest BCUT2D eigenvalue weighted by molar-refractivity contribution is 6.34. The van der Waals surface area contributed by atoms with Crippen molar-refractivity contribution in [2.75, 3.05) is 25.1 Å². The van der Waals surface area contributed by atoms with Gasteiger partial charge < -0.3 is 14.7 Å². The van der Waals surface area contributed by atoms with Gasteiger partial charge in [-0.2, -0.15) is 0 Å². The molecule has 1 N–H and O–H groups in total. The second-order valence-corrected chi connectivity index (χ2v) is 6.04. The number of hydrogen-bond donors (Lipinski definition) is 1. The van der Waals surface area contributed by atoms with Gasteiger partial charge in [-0.15, -0.1) is 0 Å². The van der Waals surface area contributed by atoms with Gasteiger partial charge in [0.15, 0.2) is 0 Å². The number of piperidine rings is 1. The van der Waals surface area contributed by atoms with Gasteiger partial charge in [0.25, 0.3) is 5.69 Å². The van der Waals surface area contributed by atoms with Crippen LogP contribution in [-0.2, 0) is 4.74 Å². The molecule has 0 amide bonds. The van der Waals surface area contributed by atoms with Crippen molar-refractivity contribution < 1.29 is 19.6 Å². The zero-order valence-corrected chi connectivity index (χ0v) is 13.7. The number of hydrogen-bond acceptors (Lipinski definition) is 6. The van der Waals surface area contributed by atoms with Crippen molar-refractivity contribution in [3.8, 4) is 0 Å². The minimum Gasteiger partial charge on any atom is -0.465 e. The molecule has 1 aromatic rings. The minimum atomic E-state index is -0.711. The number of aliphatic hydroxyl groups excluding tert-OH is 1. The average molecular weight is 343 g/mol. The minimum absolute atomic E-state index is 0.0246. The lowest BCUT2D eigenvalue weighted by Gasteiger charge is -2.34. The average Bonchev–Trinajstić information content (AvgIpc) is 2.53. The van der Waals surface area contributed by atoms with E-state index in [4.69, 9.17) is 11.6 Å². The molecule has 1 aliphatic rings. The fourth-order valence-electron chi connectivity index (χ4n) is 2.84. The van der Waals surface area contributed by atoms with Crippen LogP contribution >= 0.6 is 11.6 Å². The third kappa shape index (κ3) is 3.73. The molecule has 1 aromatic carbocycles. The first kappa shape index (κ1) is 17.5. The van der Waals surface area contributed by atoms with E-state index in [0.29, 0.717) is 18.8 Å². The van der Waals surface area contributed by atoms with Gasteiger partial charge in [-0.05, 0) is 31.7 Å². The van der Waals surface area contributed by atoms with Gasteiger partial charge in [-0.1, -0.05) is 11.6 Å². The number of anilines is 1. The molecule has 7 nitrogen and oxygen atoms in total. The molecule has 0 radical (unpaired) electrons. The molecule has 0 aromatic heterocycles. The van der Waals surface area contributed by atoms with E-state index in [2.05, 4.69) is 4.74 Å². The van der Waals surface area contributed by atoms with Crippen molar-refractivity contribution >= 4 is 28.9 Å². The van der Waals surface area contributed by atoms with E-state index >= 15 is 0 Å². The fourth-order valence-corrected chi connectivity index (χ4v) is 3.08. The van der Waals surface area contributed by atoms with E-state index in [-0.39, 0.29) is 22.2 Å². The van der Waals surface area contributed by atoms with Gasteiger partial charge in [0.05, 0.1) is 28.7 Å². The highest BCUT2D eigenvalue weighted by atomic mass is 35.5. The monoisotopic (exact) mass is 342 g/mol. The summed E-state index contributed by atoms with van der Waals surface area (Å²) in [4.78, 5) is 24.3. The number of aliphatic hydroxyl groups is 1. The number of nitrogens with zero attached hydrogens (tertiary/aromatic N) is 2. The normalized spacial score (nSPS) is 17.0. The molecule has 1 atom stereocenters. The Morgan fingerprint density at radius 3 is 2.57 bits per heavy atom. The number of carbonyl (C=O) groups excluding carboxylic acids is 1. The molecule has 0 aliphatic carbocycles. The standard InChI is InChI=1S/C15H19ClN2O5/c1-9(19)10-3-5-17(6-4-10)13-8-12(16)11(15(20)23-2)7-14(13)18(21)22/h7-10,19H,3-6H2,1-2H3. The number of benzene rings is 1. The van der Waals surface area contributed by atoms with Gasteiger partial charge in [-0.3, -0.25) is 10.1 Å². The number of nitro benzene ring substituents is 1. The summed E-state index contributed by atoms with van der Waals surface area (Å²) < 4.78 is 4.59. The van der Waals surface area contributed by atoms with Crippen LogP contribution in [0.3, 0.4) is 0 Å². The quantitative estimate of drug-likeness (QED) is 0.513. The summed E-state index contributed by atoms with van der Waals surface area (Å²) in [5.74, 6) is -0.521. The van der Waals surface area contributed by atoms with Gasteiger partial charge in [0.2, 0.25) is 0 Å². The highest BCUT2D eigenvalue weighted by Gasteiger charge is 2.29. The Labute approximate surface area is 138 Å². The maximum atomic E-state index is 11.6. The summed E-state index contributed by atoms with van der Waals surface area (Å²) in [6.45, 7) is 2.93. The number of esters is 1. The molecule has 2 rings (SSSR count). The van der Waals surface area contributed by atoms with Crippen LogP contribution in [0.25, 0.3) is 0 Å². The summed E-state index contributed by atoms with van der Waals surface area (Å²) in [6.07, 6.45) is 1.09. The second-order valence-electron chi connectivity index (χ2n) is 5.63. The smallest absolute Gasteiger partial charge is 0.339 e. The van der Waals surface area contributed by atoms with E-state index < -0.39 is 17.0 Å². The van der Waals surface area contributed by atoms with Crippen molar-refractivity contribution in [1.29, 1.82) is 0 Å². The molecule has 23 heavy (non-hydrogen) atoms. The Morgan fingerprint density at radius 1 is 1.48 bits per heavy atom. The highest BCUT2D eigenvalue weighted by Crippen LogP contribution is 2.36. The molecule has 0 spiro atoms. The van der Waals surface area contributed by atoms with Crippen molar-refractivity contribution in [2.24, 2.45) is 5.92 Å². The van der Waals surface area contributed by atoms with Crippen LogP contribution in [0.5, 0.6) is 0 Å². The number of carbonyl (C=O) groups is 1. The van der Waals surface area contributed by atoms with E-state index in [1.54, 1.807) is 6.92 Å². The largest absolute Gasteiger partial charge is 0.465 e. The zero-order valence-electron chi connectivity index (χ0n) is 13.0. The number of halogens is 1.